The topological polar surface area (TPSA) is 67.8 Å². The number of sulfonamides is 1. The van der Waals surface area contributed by atoms with Crippen molar-refractivity contribution < 1.29 is 13.2 Å². The molecule has 0 spiro atoms. The van der Waals surface area contributed by atoms with Crippen LogP contribution >= 0.6 is 11.3 Å². The summed E-state index contributed by atoms with van der Waals surface area (Å²) in [6.07, 6.45) is 2.42. The summed E-state index contributed by atoms with van der Waals surface area (Å²) in [4.78, 5) is 2.43. The monoisotopic (exact) mass is 352 g/mol. The molecule has 2 aromatic rings. The predicted octanol–water partition coefficient (Wildman–Crippen LogP) is 3.92. The minimum absolute atomic E-state index is 0.179. The van der Waals surface area contributed by atoms with Crippen molar-refractivity contribution >= 4 is 27.3 Å². The van der Waals surface area contributed by atoms with E-state index in [2.05, 4.69) is 16.9 Å². The molecule has 5 nitrogen and oxygen atoms in total. The van der Waals surface area contributed by atoms with Gasteiger partial charge in [0.1, 0.15) is 0 Å². The molecule has 124 valence electrons. The van der Waals surface area contributed by atoms with Gasteiger partial charge in [-0.3, -0.25) is 0 Å². The second-order valence-corrected chi connectivity index (χ2v) is 7.62. The van der Waals surface area contributed by atoms with E-state index >= 15 is 0 Å². The maximum absolute atomic E-state index is 12.3. The van der Waals surface area contributed by atoms with Gasteiger partial charge in [0.25, 0.3) is 10.0 Å². The van der Waals surface area contributed by atoms with E-state index < -0.39 is 10.0 Å². The molecule has 0 bridgehead atoms. The third-order valence-corrected chi connectivity index (χ3v) is 5.05. The van der Waals surface area contributed by atoms with Crippen LogP contribution in [0, 0.1) is 6.92 Å². The van der Waals surface area contributed by atoms with Gasteiger partial charge < -0.3 is 4.74 Å². The fourth-order valence-electron chi connectivity index (χ4n) is 1.78. The van der Waals surface area contributed by atoms with Crippen LogP contribution in [0.15, 0.2) is 51.8 Å². The molecule has 0 aliphatic carbocycles. The lowest BCUT2D eigenvalue weighted by Gasteiger charge is -2.08. The number of hydrogen-bond donors (Lipinski definition) is 1. The molecule has 0 saturated carbocycles. The second-order valence-electron chi connectivity index (χ2n) is 5.05. The highest BCUT2D eigenvalue weighted by molar-refractivity contribution is 7.89. The zero-order valence-electron chi connectivity index (χ0n) is 13.2. The van der Waals surface area contributed by atoms with Crippen molar-refractivity contribution in [3.63, 3.8) is 0 Å². The number of rotatable bonds is 7. The Morgan fingerprint density at radius 2 is 2.00 bits per heavy atom. The molecular formula is C16H20N2O3S2. The summed E-state index contributed by atoms with van der Waals surface area (Å²) in [5, 5.41) is 6.55. The average Bonchev–Trinajstić information content (AvgIpc) is 3.03. The summed E-state index contributed by atoms with van der Waals surface area (Å²) in [5.74, 6) is 0.366. The normalized spacial score (nSPS) is 12.2. The fourth-order valence-corrected chi connectivity index (χ4v) is 3.19. The molecule has 0 fully saturated rings. The molecule has 1 aromatic carbocycles. The van der Waals surface area contributed by atoms with Gasteiger partial charge in [-0.2, -0.15) is 13.2 Å². The Morgan fingerprint density at radius 3 is 2.61 bits per heavy atom. The van der Waals surface area contributed by atoms with Gasteiger partial charge in [-0.15, -0.1) is 16.4 Å². The number of aryl methyl sites for hydroxylation is 1. The van der Waals surface area contributed by atoms with E-state index in [4.69, 9.17) is 4.74 Å². The minimum atomic E-state index is -3.69. The predicted molar refractivity (Wildman–Crippen MR) is 93.4 cm³/mol. The molecule has 7 heteroatoms. The third kappa shape index (κ3) is 5.37. The molecule has 0 unspecified atom stereocenters. The summed E-state index contributed by atoms with van der Waals surface area (Å²) in [5.41, 5.74) is 0.997. The molecule has 0 aliphatic rings. The first-order chi connectivity index (χ1) is 11.0. The summed E-state index contributed by atoms with van der Waals surface area (Å²) in [7, 11) is -3.69. The Labute approximate surface area is 141 Å². The molecule has 0 amide bonds. The van der Waals surface area contributed by atoms with Gasteiger partial charge in [-0.05, 0) is 43.0 Å². The van der Waals surface area contributed by atoms with Crippen molar-refractivity contribution in [1.29, 1.82) is 0 Å². The van der Waals surface area contributed by atoms with Crippen LogP contribution in [0.1, 0.15) is 31.7 Å². The average molecular weight is 352 g/mol. The Balaban J connectivity index is 2.12. The molecule has 1 N–H and O–H groups in total. The lowest BCUT2D eigenvalue weighted by Crippen LogP contribution is -2.22. The third-order valence-electron chi connectivity index (χ3n) is 3.08. The zero-order chi connectivity index (χ0) is 16.7. The lowest BCUT2D eigenvalue weighted by molar-refractivity contribution is 0.529. The number of ether oxygens (including phenoxy) is 1. The summed E-state index contributed by atoms with van der Waals surface area (Å²) < 4.78 is 30.2. The van der Waals surface area contributed by atoms with Crippen molar-refractivity contribution in [2.45, 2.75) is 38.0 Å². The van der Waals surface area contributed by atoms with Crippen molar-refractivity contribution in [1.82, 2.24) is 4.83 Å². The molecule has 23 heavy (non-hydrogen) atoms. The van der Waals surface area contributed by atoms with Crippen LogP contribution in [-0.4, -0.2) is 14.3 Å². The molecule has 0 atom stereocenters. The van der Waals surface area contributed by atoms with Crippen molar-refractivity contribution in [2.75, 3.05) is 0 Å². The van der Waals surface area contributed by atoms with E-state index in [0.29, 0.717) is 17.4 Å². The van der Waals surface area contributed by atoms with Crippen LogP contribution in [0.25, 0.3) is 0 Å². The summed E-state index contributed by atoms with van der Waals surface area (Å²) in [6, 6.07) is 10.3. The Kier molecular flexibility index (Phi) is 6.18. The first-order valence-electron chi connectivity index (χ1n) is 7.37. The van der Waals surface area contributed by atoms with Gasteiger partial charge in [0.05, 0.1) is 4.90 Å². The van der Waals surface area contributed by atoms with E-state index in [0.717, 1.165) is 18.4 Å². The molecule has 0 aliphatic heterocycles. The fraction of sp³-hybridized carbons (Fsp3) is 0.312. The van der Waals surface area contributed by atoms with Gasteiger partial charge >= 0.3 is 0 Å². The summed E-state index contributed by atoms with van der Waals surface area (Å²) >= 11 is 1.44. The maximum atomic E-state index is 12.3. The Hall–Kier alpha value is -1.86. The number of nitrogens with zero attached hydrogens (tertiary/aromatic N) is 1. The van der Waals surface area contributed by atoms with E-state index in [1.54, 1.807) is 24.3 Å². The number of hydrazone groups is 1. The number of thiophene rings is 1. The second kappa shape index (κ2) is 8.12. The smallest absolute Gasteiger partial charge is 0.276 e. The van der Waals surface area contributed by atoms with Crippen LogP contribution in [0.3, 0.4) is 0 Å². The van der Waals surface area contributed by atoms with Gasteiger partial charge in [-0.1, -0.05) is 31.0 Å². The quantitative estimate of drug-likeness (QED) is 0.466. The first kappa shape index (κ1) is 17.5. The molecule has 2 rings (SSSR count). The standard InChI is InChI=1S/C16H20N2O3S2/c1-3-4-6-15(21-16-7-5-12-22-16)17-18-23(19,20)14-10-8-13(2)9-11-14/h5,7-12,18H,3-4,6H2,1-2H3. The van der Waals surface area contributed by atoms with E-state index in [1.165, 1.54) is 11.3 Å². The van der Waals surface area contributed by atoms with E-state index in [-0.39, 0.29) is 4.90 Å². The number of benzene rings is 1. The minimum Gasteiger partial charge on any atom is -0.431 e. The van der Waals surface area contributed by atoms with Crippen LogP contribution in [0.5, 0.6) is 5.06 Å². The molecule has 0 saturated heterocycles. The van der Waals surface area contributed by atoms with Crippen LogP contribution in [-0.2, 0) is 10.0 Å². The van der Waals surface area contributed by atoms with Crippen molar-refractivity contribution in [3.05, 3.63) is 47.3 Å². The van der Waals surface area contributed by atoms with Gasteiger partial charge in [0.2, 0.25) is 5.90 Å². The first-order valence-corrected chi connectivity index (χ1v) is 9.74. The number of unbranched alkanes of at least 4 members (excludes halogenated alkanes) is 1. The van der Waals surface area contributed by atoms with Gasteiger partial charge in [-0.25, -0.2) is 0 Å². The molecule has 0 radical (unpaired) electrons. The highest BCUT2D eigenvalue weighted by Gasteiger charge is 2.13. The highest BCUT2D eigenvalue weighted by atomic mass is 32.2. The number of hydrogen-bond acceptors (Lipinski definition) is 5. The maximum Gasteiger partial charge on any atom is 0.276 e. The number of nitrogens with one attached hydrogen (secondary N) is 1. The van der Waals surface area contributed by atoms with Crippen LogP contribution < -0.4 is 9.57 Å². The summed E-state index contributed by atoms with van der Waals surface area (Å²) in [6.45, 7) is 3.96. The lowest BCUT2D eigenvalue weighted by atomic mass is 10.2. The highest BCUT2D eigenvalue weighted by Crippen LogP contribution is 2.19. The largest absolute Gasteiger partial charge is 0.431 e. The Bertz CT molecular complexity index is 736. The molecular weight excluding hydrogens is 332 g/mol. The SMILES string of the molecule is CCCCC(=NNS(=O)(=O)c1ccc(C)cc1)Oc1cccs1. The molecule has 1 aromatic heterocycles. The van der Waals surface area contributed by atoms with Crippen molar-refractivity contribution in [2.24, 2.45) is 5.10 Å². The van der Waals surface area contributed by atoms with E-state index in [1.807, 2.05) is 24.4 Å². The van der Waals surface area contributed by atoms with Gasteiger partial charge in [0.15, 0.2) is 5.06 Å². The van der Waals surface area contributed by atoms with Crippen molar-refractivity contribution in [3.8, 4) is 5.06 Å². The van der Waals surface area contributed by atoms with E-state index in [9.17, 15) is 8.42 Å². The Morgan fingerprint density at radius 1 is 1.26 bits per heavy atom. The van der Waals surface area contributed by atoms with Crippen LogP contribution in [0.4, 0.5) is 0 Å². The van der Waals surface area contributed by atoms with Crippen LogP contribution in [0.2, 0.25) is 0 Å². The zero-order valence-corrected chi connectivity index (χ0v) is 14.8. The molecule has 1 heterocycles. The van der Waals surface area contributed by atoms with Gasteiger partial charge in [0, 0.05) is 6.42 Å².